The summed E-state index contributed by atoms with van der Waals surface area (Å²) in [5.74, 6) is 0.211. The summed E-state index contributed by atoms with van der Waals surface area (Å²) >= 11 is 0. The third-order valence-corrected chi connectivity index (χ3v) is 6.09. The smallest absolute Gasteiger partial charge is 0.264 e. The van der Waals surface area contributed by atoms with Gasteiger partial charge in [-0.2, -0.15) is 0 Å². The number of anilines is 1. The van der Waals surface area contributed by atoms with Crippen LogP contribution in [0.2, 0.25) is 0 Å². The number of aryl methyl sites for hydroxylation is 3. The Morgan fingerprint density at radius 2 is 1.72 bits per heavy atom. The maximum absolute atomic E-state index is 13.4. The summed E-state index contributed by atoms with van der Waals surface area (Å²) in [6.07, 6.45) is 1.72. The summed E-state index contributed by atoms with van der Waals surface area (Å²) < 4.78 is 28.4. The van der Waals surface area contributed by atoms with E-state index in [1.807, 2.05) is 58.9 Å². The molecule has 3 nitrogen and oxygen atoms in total. The molecule has 0 spiro atoms. The molecular formula is C21H27NO2S. The molecule has 0 bridgehead atoms. The Balaban J connectivity index is 2.62. The van der Waals surface area contributed by atoms with Gasteiger partial charge in [-0.3, -0.25) is 4.31 Å². The van der Waals surface area contributed by atoms with Gasteiger partial charge in [0, 0.05) is 6.54 Å². The van der Waals surface area contributed by atoms with E-state index in [-0.39, 0.29) is 5.92 Å². The van der Waals surface area contributed by atoms with Gasteiger partial charge in [-0.1, -0.05) is 56.3 Å². The van der Waals surface area contributed by atoms with Crippen LogP contribution in [0.5, 0.6) is 0 Å². The molecule has 0 aromatic heterocycles. The van der Waals surface area contributed by atoms with E-state index in [1.165, 1.54) is 0 Å². The van der Waals surface area contributed by atoms with Gasteiger partial charge in [-0.25, -0.2) is 8.42 Å². The Bertz CT molecular complexity index is 883. The second-order valence-corrected chi connectivity index (χ2v) is 8.78. The van der Waals surface area contributed by atoms with Crippen molar-refractivity contribution >= 4 is 21.8 Å². The minimum Gasteiger partial charge on any atom is -0.266 e. The third-order valence-electron chi connectivity index (χ3n) is 4.15. The summed E-state index contributed by atoms with van der Waals surface area (Å²) in [4.78, 5) is 0.346. The van der Waals surface area contributed by atoms with Gasteiger partial charge in [0.1, 0.15) is 0 Å². The maximum Gasteiger partial charge on any atom is 0.264 e. The summed E-state index contributed by atoms with van der Waals surface area (Å²) in [5.41, 5.74) is 4.47. The van der Waals surface area contributed by atoms with Crippen LogP contribution in [0.15, 0.2) is 47.9 Å². The van der Waals surface area contributed by atoms with E-state index in [0.29, 0.717) is 11.4 Å². The van der Waals surface area contributed by atoms with E-state index in [2.05, 4.69) is 6.58 Å². The van der Waals surface area contributed by atoms with Crippen molar-refractivity contribution in [2.75, 3.05) is 10.8 Å². The van der Waals surface area contributed by atoms with Crippen molar-refractivity contribution in [3.8, 4) is 0 Å². The molecule has 0 aliphatic carbocycles. The highest BCUT2D eigenvalue weighted by molar-refractivity contribution is 7.92. The summed E-state index contributed by atoms with van der Waals surface area (Å²) in [7, 11) is -3.64. The molecule has 0 radical (unpaired) electrons. The predicted molar refractivity (Wildman–Crippen MR) is 107 cm³/mol. The first kappa shape index (κ1) is 19.3. The van der Waals surface area contributed by atoms with Crippen molar-refractivity contribution in [3.63, 3.8) is 0 Å². The number of rotatable bonds is 6. The van der Waals surface area contributed by atoms with E-state index < -0.39 is 10.0 Å². The molecule has 4 heteroatoms. The average Bonchev–Trinajstić information content (AvgIpc) is 2.52. The molecule has 0 unspecified atom stereocenters. The van der Waals surface area contributed by atoms with E-state index in [1.54, 1.807) is 22.5 Å². The highest BCUT2D eigenvalue weighted by atomic mass is 32.2. The molecule has 134 valence electrons. The van der Waals surface area contributed by atoms with Crippen LogP contribution in [-0.2, 0) is 10.0 Å². The lowest BCUT2D eigenvalue weighted by molar-refractivity contribution is 0.577. The lowest BCUT2D eigenvalue weighted by Gasteiger charge is -2.28. The molecule has 0 heterocycles. The highest BCUT2D eigenvalue weighted by Crippen LogP contribution is 2.30. The Morgan fingerprint density at radius 1 is 1.04 bits per heavy atom. The van der Waals surface area contributed by atoms with Crippen LogP contribution in [0.4, 0.5) is 5.69 Å². The number of sulfonamides is 1. The lowest BCUT2D eigenvalue weighted by Crippen LogP contribution is -2.35. The second kappa shape index (κ2) is 7.44. The zero-order valence-electron chi connectivity index (χ0n) is 15.7. The van der Waals surface area contributed by atoms with E-state index in [9.17, 15) is 8.42 Å². The first-order valence-electron chi connectivity index (χ1n) is 8.50. The molecule has 0 aliphatic heterocycles. The van der Waals surface area contributed by atoms with Crippen molar-refractivity contribution in [2.24, 2.45) is 5.92 Å². The average molecular weight is 358 g/mol. The standard InChI is InChI=1S/C21H27NO2S/c1-7-19-9-11-21(18(6)13-19)25(23,24)22(14-15(2)3)20-10-8-16(4)12-17(20)5/h7-13,15H,1,14H2,2-6H3. The Morgan fingerprint density at radius 3 is 2.24 bits per heavy atom. The Hall–Kier alpha value is -2.07. The van der Waals surface area contributed by atoms with Crippen LogP contribution in [0.25, 0.3) is 6.08 Å². The van der Waals surface area contributed by atoms with Gasteiger partial charge in [0.15, 0.2) is 0 Å². The van der Waals surface area contributed by atoms with Crippen molar-refractivity contribution in [3.05, 3.63) is 65.2 Å². The molecule has 25 heavy (non-hydrogen) atoms. The largest absolute Gasteiger partial charge is 0.266 e. The minimum absolute atomic E-state index is 0.211. The predicted octanol–water partition coefficient (Wildman–Crippen LogP) is 5.11. The van der Waals surface area contributed by atoms with Crippen LogP contribution in [-0.4, -0.2) is 15.0 Å². The molecule has 2 aromatic rings. The van der Waals surface area contributed by atoms with Crippen LogP contribution >= 0.6 is 0 Å². The minimum atomic E-state index is -3.64. The molecule has 0 atom stereocenters. The first-order valence-corrected chi connectivity index (χ1v) is 9.94. The van der Waals surface area contributed by atoms with Crippen molar-refractivity contribution in [2.45, 2.75) is 39.5 Å². The number of benzene rings is 2. The van der Waals surface area contributed by atoms with Gasteiger partial charge in [0.05, 0.1) is 10.6 Å². The molecule has 0 N–H and O–H groups in total. The molecule has 0 amide bonds. The van der Waals surface area contributed by atoms with E-state index in [4.69, 9.17) is 0 Å². The van der Waals surface area contributed by atoms with Crippen LogP contribution in [0.3, 0.4) is 0 Å². The fraction of sp³-hybridized carbons (Fsp3) is 0.333. The summed E-state index contributed by atoms with van der Waals surface area (Å²) in [6.45, 7) is 14.0. The van der Waals surface area contributed by atoms with Crippen molar-refractivity contribution in [1.29, 1.82) is 0 Å². The summed E-state index contributed by atoms with van der Waals surface area (Å²) in [6, 6.07) is 11.2. The van der Waals surface area contributed by atoms with Gasteiger partial charge in [-0.05, 0) is 55.5 Å². The fourth-order valence-corrected chi connectivity index (χ4v) is 4.85. The zero-order valence-corrected chi connectivity index (χ0v) is 16.5. The lowest BCUT2D eigenvalue weighted by atomic mass is 10.1. The monoisotopic (exact) mass is 357 g/mol. The molecule has 0 saturated carbocycles. The van der Waals surface area contributed by atoms with Gasteiger partial charge < -0.3 is 0 Å². The van der Waals surface area contributed by atoms with Crippen molar-refractivity contribution < 1.29 is 8.42 Å². The van der Waals surface area contributed by atoms with E-state index >= 15 is 0 Å². The third kappa shape index (κ3) is 4.13. The molecule has 2 rings (SSSR count). The number of hydrogen-bond donors (Lipinski definition) is 0. The van der Waals surface area contributed by atoms with Gasteiger partial charge in [0.2, 0.25) is 0 Å². The molecule has 0 aliphatic rings. The maximum atomic E-state index is 13.4. The topological polar surface area (TPSA) is 37.4 Å². The second-order valence-electron chi connectivity index (χ2n) is 6.95. The Kier molecular flexibility index (Phi) is 5.73. The summed E-state index contributed by atoms with van der Waals surface area (Å²) in [5, 5.41) is 0. The van der Waals surface area contributed by atoms with E-state index in [0.717, 1.165) is 27.9 Å². The number of nitrogens with zero attached hydrogens (tertiary/aromatic N) is 1. The Labute approximate surface area is 152 Å². The zero-order chi connectivity index (χ0) is 18.8. The fourth-order valence-electron chi connectivity index (χ4n) is 2.95. The van der Waals surface area contributed by atoms with Gasteiger partial charge in [-0.15, -0.1) is 0 Å². The normalized spacial score (nSPS) is 11.6. The molecule has 0 saturated heterocycles. The highest BCUT2D eigenvalue weighted by Gasteiger charge is 2.28. The van der Waals surface area contributed by atoms with Gasteiger partial charge in [0.25, 0.3) is 10.0 Å². The molecule has 2 aromatic carbocycles. The molecular weight excluding hydrogens is 330 g/mol. The van der Waals surface area contributed by atoms with Gasteiger partial charge >= 0.3 is 0 Å². The SMILES string of the molecule is C=Cc1ccc(S(=O)(=O)N(CC(C)C)c2ccc(C)cc2C)c(C)c1. The first-order chi connectivity index (χ1) is 11.7. The quantitative estimate of drug-likeness (QED) is 0.721. The number of hydrogen-bond acceptors (Lipinski definition) is 2. The van der Waals surface area contributed by atoms with Crippen molar-refractivity contribution in [1.82, 2.24) is 0 Å². The van der Waals surface area contributed by atoms with Crippen LogP contribution in [0.1, 0.15) is 36.1 Å². The molecule has 0 fully saturated rings. The van der Waals surface area contributed by atoms with Crippen LogP contribution in [0, 0.1) is 26.7 Å². The van der Waals surface area contributed by atoms with Crippen LogP contribution < -0.4 is 4.31 Å².